The van der Waals surface area contributed by atoms with E-state index in [0.29, 0.717) is 17.9 Å². The Morgan fingerprint density at radius 1 is 1.27 bits per heavy atom. The smallest absolute Gasteiger partial charge is 0.0471 e. The van der Waals surface area contributed by atoms with Gasteiger partial charge in [0.25, 0.3) is 0 Å². The largest absolute Gasteiger partial charge is 0.396 e. The first-order valence-corrected chi connectivity index (χ1v) is 6.35. The average Bonchev–Trinajstić information content (AvgIpc) is 2.62. The van der Waals surface area contributed by atoms with Gasteiger partial charge in [0.15, 0.2) is 0 Å². The maximum Gasteiger partial charge on any atom is 0.0471 e. The third kappa shape index (κ3) is 5.53. The van der Waals surface area contributed by atoms with Crippen LogP contribution in [0.5, 0.6) is 0 Å². The highest BCUT2D eigenvalue weighted by Gasteiger charge is 2.20. The Kier molecular flexibility index (Phi) is 5.07. The van der Waals surface area contributed by atoms with Gasteiger partial charge in [-0.2, -0.15) is 0 Å². The molecule has 0 aliphatic heterocycles. The van der Waals surface area contributed by atoms with E-state index in [2.05, 4.69) is 26.1 Å². The maximum atomic E-state index is 9.32. The monoisotopic (exact) mass is 213 g/mol. The molecule has 1 unspecified atom stereocenters. The van der Waals surface area contributed by atoms with Gasteiger partial charge < -0.3 is 10.4 Å². The quantitative estimate of drug-likeness (QED) is 0.735. The van der Waals surface area contributed by atoms with Crippen LogP contribution in [0.1, 0.15) is 52.9 Å². The highest BCUT2D eigenvalue weighted by atomic mass is 16.3. The topological polar surface area (TPSA) is 32.3 Å². The molecule has 0 radical (unpaired) electrons. The van der Waals surface area contributed by atoms with Gasteiger partial charge in [-0.3, -0.25) is 0 Å². The number of hydrogen-bond donors (Lipinski definition) is 2. The first-order chi connectivity index (χ1) is 7.01. The maximum absolute atomic E-state index is 9.32. The SMILES string of the molecule is CC(C)(C)CC(CO)CNC1CCCC1. The number of aliphatic hydroxyl groups excluding tert-OH is 1. The summed E-state index contributed by atoms with van der Waals surface area (Å²) in [5.74, 6) is 0.422. The fourth-order valence-corrected chi connectivity index (χ4v) is 2.53. The molecule has 0 aromatic rings. The highest BCUT2D eigenvalue weighted by molar-refractivity contribution is 4.77. The predicted octanol–water partition coefficient (Wildman–Crippen LogP) is 2.56. The van der Waals surface area contributed by atoms with Gasteiger partial charge >= 0.3 is 0 Å². The van der Waals surface area contributed by atoms with Gasteiger partial charge in [0.05, 0.1) is 0 Å². The summed E-state index contributed by atoms with van der Waals surface area (Å²) in [6.45, 7) is 8.02. The van der Waals surface area contributed by atoms with E-state index in [1.165, 1.54) is 25.7 Å². The minimum Gasteiger partial charge on any atom is -0.396 e. The number of hydrogen-bond acceptors (Lipinski definition) is 2. The molecule has 1 saturated carbocycles. The Morgan fingerprint density at radius 3 is 2.33 bits per heavy atom. The van der Waals surface area contributed by atoms with Gasteiger partial charge in [0.1, 0.15) is 0 Å². The van der Waals surface area contributed by atoms with Crippen LogP contribution in [-0.2, 0) is 0 Å². The third-order valence-electron chi connectivity index (χ3n) is 3.21. The van der Waals surface area contributed by atoms with Crippen LogP contribution in [0, 0.1) is 11.3 Å². The second kappa shape index (κ2) is 5.86. The van der Waals surface area contributed by atoms with Crippen molar-refractivity contribution in [2.75, 3.05) is 13.2 Å². The van der Waals surface area contributed by atoms with Crippen molar-refractivity contribution in [2.24, 2.45) is 11.3 Å². The molecule has 0 heterocycles. The summed E-state index contributed by atoms with van der Waals surface area (Å²) in [5.41, 5.74) is 0.324. The van der Waals surface area contributed by atoms with Crippen molar-refractivity contribution in [1.29, 1.82) is 0 Å². The molecule has 0 amide bonds. The van der Waals surface area contributed by atoms with Crippen LogP contribution in [0.4, 0.5) is 0 Å². The van der Waals surface area contributed by atoms with E-state index < -0.39 is 0 Å². The normalized spacial score (nSPS) is 20.8. The minimum atomic E-state index is 0.316. The van der Waals surface area contributed by atoms with Crippen LogP contribution in [0.2, 0.25) is 0 Å². The minimum absolute atomic E-state index is 0.316. The van der Waals surface area contributed by atoms with E-state index in [9.17, 15) is 5.11 Å². The molecule has 2 heteroatoms. The van der Waals surface area contributed by atoms with E-state index in [1.54, 1.807) is 0 Å². The second-order valence-electron chi connectivity index (χ2n) is 6.20. The van der Waals surface area contributed by atoms with Crippen molar-refractivity contribution in [3.8, 4) is 0 Å². The Hall–Kier alpha value is -0.0800. The first-order valence-electron chi connectivity index (χ1n) is 6.35. The van der Waals surface area contributed by atoms with Crippen LogP contribution in [0.15, 0.2) is 0 Å². The molecule has 0 spiro atoms. The number of aliphatic hydroxyl groups is 1. The summed E-state index contributed by atoms with van der Waals surface area (Å²) in [6, 6.07) is 0.721. The molecule has 1 aliphatic rings. The zero-order valence-electron chi connectivity index (χ0n) is 10.6. The Bertz CT molecular complexity index is 168. The van der Waals surface area contributed by atoms with Gasteiger partial charge in [-0.15, -0.1) is 0 Å². The molecule has 1 atom stereocenters. The lowest BCUT2D eigenvalue weighted by molar-refractivity contribution is 0.172. The van der Waals surface area contributed by atoms with Crippen molar-refractivity contribution in [2.45, 2.75) is 58.9 Å². The van der Waals surface area contributed by atoms with Gasteiger partial charge in [-0.1, -0.05) is 33.6 Å². The van der Waals surface area contributed by atoms with Crippen LogP contribution in [0.3, 0.4) is 0 Å². The molecular weight excluding hydrogens is 186 g/mol. The third-order valence-corrected chi connectivity index (χ3v) is 3.21. The summed E-state index contributed by atoms with van der Waals surface area (Å²) in [7, 11) is 0. The molecule has 0 bridgehead atoms. The molecule has 0 saturated heterocycles. The Labute approximate surface area is 94.5 Å². The molecule has 90 valence electrons. The van der Waals surface area contributed by atoms with E-state index in [4.69, 9.17) is 0 Å². The fraction of sp³-hybridized carbons (Fsp3) is 1.00. The fourth-order valence-electron chi connectivity index (χ4n) is 2.53. The zero-order valence-corrected chi connectivity index (χ0v) is 10.6. The van der Waals surface area contributed by atoms with Crippen molar-refractivity contribution >= 4 is 0 Å². The Balaban J connectivity index is 2.21. The molecular formula is C13H27NO. The van der Waals surface area contributed by atoms with Crippen molar-refractivity contribution < 1.29 is 5.11 Å². The average molecular weight is 213 g/mol. The van der Waals surface area contributed by atoms with Gasteiger partial charge in [0, 0.05) is 19.2 Å². The molecule has 0 aromatic carbocycles. The lowest BCUT2D eigenvalue weighted by Gasteiger charge is -2.26. The second-order valence-corrected chi connectivity index (χ2v) is 6.20. The summed E-state index contributed by atoms with van der Waals surface area (Å²) in [4.78, 5) is 0. The Morgan fingerprint density at radius 2 is 1.87 bits per heavy atom. The van der Waals surface area contributed by atoms with Gasteiger partial charge in [-0.05, 0) is 30.6 Å². The van der Waals surface area contributed by atoms with Crippen molar-refractivity contribution in [3.63, 3.8) is 0 Å². The molecule has 0 aromatic heterocycles. The molecule has 2 nitrogen and oxygen atoms in total. The summed E-state index contributed by atoms with van der Waals surface area (Å²) < 4.78 is 0. The summed E-state index contributed by atoms with van der Waals surface area (Å²) in [5, 5.41) is 12.9. The van der Waals surface area contributed by atoms with Crippen LogP contribution in [0.25, 0.3) is 0 Å². The van der Waals surface area contributed by atoms with E-state index in [-0.39, 0.29) is 0 Å². The molecule has 1 fully saturated rings. The highest BCUT2D eigenvalue weighted by Crippen LogP contribution is 2.24. The molecule has 15 heavy (non-hydrogen) atoms. The lowest BCUT2D eigenvalue weighted by atomic mass is 9.85. The van der Waals surface area contributed by atoms with Crippen LogP contribution >= 0.6 is 0 Å². The zero-order chi connectivity index (χ0) is 11.3. The van der Waals surface area contributed by atoms with E-state index in [1.807, 2.05) is 0 Å². The molecule has 2 N–H and O–H groups in total. The van der Waals surface area contributed by atoms with E-state index >= 15 is 0 Å². The summed E-state index contributed by atoms with van der Waals surface area (Å²) in [6.07, 6.45) is 6.51. The summed E-state index contributed by atoms with van der Waals surface area (Å²) >= 11 is 0. The number of rotatable bonds is 5. The van der Waals surface area contributed by atoms with Crippen LogP contribution in [-0.4, -0.2) is 24.3 Å². The van der Waals surface area contributed by atoms with E-state index in [0.717, 1.165) is 19.0 Å². The molecule has 1 aliphatic carbocycles. The standard InChI is InChI=1S/C13H27NO/c1-13(2,3)8-11(10-15)9-14-12-6-4-5-7-12/h11-12,14-15H,4-10H2,1-3H3. The van der Waals surface area contributed by atoms with Crippen molar-refractivity contribution in [3.05, 3.63) is 0 Å². The van der Waals surface area contributed by atoms with Gasteiger partial charge in [0.2, 0.25) is 0 Å². The number of nitrogens with one attached hydrogen (secondary N) is 1. The lowest BCUT2D eigenvalue weighted by Crippen LogP contribution is -2.34. The first kappa shape index (κ1) is 13.0. The molecule has 1 rings (SSSR count). The van der Waals surface area contributed by atoms with Crippen molar-refractivity contribution in [1.82, 2.24) is 5.32 Å². The predicted molar refractivity (Wildman–Crippen MR) is 64.9 cm³/mol. The van der Waals surface area contributed by atoms with Gasteiger partial charge in [-0.25, -0.2) is 0 Å². The van der Waals surface area contributed by atoms with Crippen LogP contribution < -0.4 is 5.32 Å².